The van der Waals surface area contributed by atoms with Crippen molar-refractivity contribution in [3.8, 4) is 5.75 Å². The fraction of sp³-hybridized carbons (Fsp3) is 0.500. The molecule has 28 heavy (non-hydrogen) atoms. The van der Waals surface area contributed by atoms with Crippen LogP contribution in [0.3, 0.4) is 0 Å². The van der Waals surface area contributed by atoms with Crippen LogP contribution in [0.25, 0.3) is 0 Å². The summed E-state index contributed by atoms with van der Waals surface area (Å²) in [5.74, 6) is 0.742. The van der Waals surface area contributed by atoms with E-state index in [4.69, 9.17) is 9.47 Å². The van der Waals surface area contributed by atoms with Crippen LogP contribution in [0.2, 0.25) is 0 Å². The highest BCUT2D eigenvalue weighted by molar-refractivity contribution is 7.10. The van der Waals surface area contributed by atoms with E-state index in [1.54, 1.807) is 0 Å². The topological polar surface area (TPSA) is 50.8 Å². The van der Waals surface area contributed by atoms with Crippen LogP contribution in [-0.2, 0) is 17.7 Å². The third kappa shape index (κ3) is 4.74. The van der Waals surface area contributed by atoms with Crippen LogP contribution < -0.4 is 10.1 Å². The van der Waals surface area contributed by atoms with Gasteiger partial charge in [0, 0.05) is 42.7 Å². The Labute approximate surface area is 170 Å². The number of ether oxygens (including phenoxy) is 2. The van der Waals surface area contributed by atoms with Gasteiger partial charge in [0.15, 0.2) is 0 Å². The van der Waals surface area contributed by atoms with Gasteiger partial charge in [0.05, 0.1) is 6.10 Å². The normalized spacial score (nSPS) is 20.5. The van der Waals surface area contributed by atoms with Gasteiger partial charge in [-0.15, -0.1) is 11.3 Å². The van der Waals surface area contributed by atoms with Crippen molar-refractivity contribution in [1.82, 2.24) is 10.2 Å². The first-order chi connectivity index (χ1) is 13.7. The third-order valence-electron chi connectivity index (χ3n) is 5.59. The number of carbonyl (C=O) groups is 1. The highest BCUT2D eigenvalue weighted by Gasteiger charge is 2.22. The Morgan fingerprint density at radius 1 is 1.36 bits per heavy atom. The number of nitrogens with one attached hydrogen (secondary N) is 1. The summed E-state index contributed by atoms with van der Waals surface area (Å²) in [6.45, 7) is 6.27. The smallest absolute Gasteiger partial charge is 0.251 e. The highest BCUT2D eigenvalue weighted by atomic mass is 32.1. The van der Waals surface area contributed by atoms with Crippen LogP contribution >= 0.6 is 11.3 Å². The van der Waals surface area contributed by atoms with Crippen molar-refractivity contribution in [2.24, 2.45) is 0 Å². The number of hydrogen-bond acceptors (Lipinski definition) is 5. The lowest BCUT2D eigenvalue weighted by Gasteiger charge is -2.32. The van der Waals surface area contributed by atoms with Crippen LogP contribution in [0.4, 0.5) is 0 Å². The van der Waals surface area contributed by atoms with Gasteiger partial charge >= 0.3 is 0 Å². The average molecular weight is 401 g/mol. The summed E-state index contributed by atoms with van der Waals surface area (Å²) in [5, 5.41) is 5.25. The number of hydrogen-bond donors (Lipinski definition) is 1. The first-order valence-electron chi connectivity index (χ1n) is 10.1. The fourth-order valence-electron chi connectivity index (χ4n) is 3.79. The molecule has 2 aliphatic rings. The first kappa shape index (κ1) is 19.4. The van der Waals surface area contributed by atoms with E-state index < -0.39 is 0 Å². The predicted molar refractivity (Wildman–Crippen MR) is 111 cm³/mol. The second-order valence-corrected chi connectivity index (χ2v) is 8.62. The second kappa shape index (κ2) is 9.07. The summed E-state index contributed by atoms with van der Waals surface area (Å²) in [6.07, 6.45) is 3.48. The Morgan fingerprint density at radius 3 is 3.00 bits per heavy atom. The fourth-order valence-corrected chi connectivity index (χ4v) is 4.68. The molecule has 3 heterocycles. The molecular weight excluding hydrogens is 372 g/mol. The van der Waals surface area contributed by atoms with Gasteiger partial charge in [-0.05, 0) is 67.5 Å². The average Bonchev–Trinajstić information content (AvgIpc) is 3.41. The summed E-state index contributed by atoms with van der Waals surface area (Å²) < 4.78 is 11.3. The van der Waals surface area contributed by atoms with Crippen LogP contribution in [0, 0.1) is 0 Å². The zero-order valence-electron chi connectivity index (χ0n) is 16.4. The summed E-state index contributed by atoms with van der Waals surface area (Å²) >= 11 is 1.85. The van der Waals surface area contributed by atoms with E-state index in [1.165, 1.54) is 10.4 Å². The molecule has 0 radical (unpaired) electrons. The van der Waals surface area contributed by atoms with Crippen molar-refractivity contribution < 1.29 is 14.3 Å². The molecule has 1 aromatic carbocycles. The molecule has 150 valence electrons. The lowest BCUT2D eigenvalue weighted by Crippen LogP contribution is -2.44. The van der Waals surface area contributed by atoms with Gasteiger partial charge in [-0.25, -0.2) is 0 Å². The van der Waals surface area contributed by atoms with E-state index >= 15 is 0 Å². The zero-order valence-corrected chi connectivity index (χ0v) is 17.2. The molecule has 0 aliphatic carbocycles. The molecule has 2 aliphatic heterocycles. The second-order valence-electron chi connectivity index (χ2n) is 7.62. The van der Waals surface area contributed by atoms with E-state index in [9.17, 15) is 4.79 Å². The number of benzene rings is 1. The maximum atomic E-state index is 12.5. The van der Waals surface area contributed by atoms with Gasteiger partial charge < -0.3 is 14.8 Å². The van der Waals surface area contributed by atoms with E-state index in [0.29, 0.717) is 24.8 Å². The Balaban J connectivity index is 1.23. The van der Waals surface area contributed by atoms with Gasteiger partial charge in [0.1, 0.15) is 12.4 Å². The molecule has 1 N–H and O–H groups in total. The number of carbonyl (C=O) groups excluding carboxylic acids is 1. The van der Waals surface area contributed by atoms with Crippen LogP contribution in [0.15, 0.2) is 35.7 Å². The molecule has 0 spiro atoms. The van der Waals surface area contributed by atoms with Crippen LogP contribution in [0.5, 0.6) is 5.75 Å². The lowest BCUT2D eigenvalue weighted by atomic mass is 10.1. The van der Waals surface area contributed by atoms with Gasteiger partial charge in [-0.3, -0.25) is 9.69 Å². The van der Waals surface area contributed by atoms with E-state index in [2.05, 4.69) is 28.6 Å². The molecular formula is C22H28N2O3S. The van der Waals surface area contributed by atoms with E-state index in [-0.39, 0.29) is 12.0 Å². The number of fused-ring (bicyclic) bond motifs is 1. The van der Waals surface area contributed by atoms with Crippen molar-refractivity contribution in [3.63, 3.8) is 0 Å². The SMILES string of the molecule is CC(CNC(=O)c1ccc(OCC2CCCO2)cc1)N1CCc2sccc2C1. The number of thiophene rings is 1. The van der Waals surface area contributed by atoms with Crippen molar-refractivity contribution >= 4 is 17.2 Å². The molecule has 0 saturated carbocycles. The minimum Gasteiger partial charge on any atom is -0.491 e. The van der Waals surface area contributed by atoms with E-state index in [0.717, 1.165) is 44.7 Å². The molecule has 6 heteroatoms. The molecule has 1 amide bonds. The van der Waals surface area contributed by atoms with Crippen molar-refractivity contribution in [2.75, 3.05) is 26.3 Å². The largest absolute Gasteiger partial charge is 0.491 e. The molecule has 2 unspecified atom stereocenters. The van der Waals surface area contributed by atoms with Crippen LogP contribution in [-0.4, -0.2) is 49.3 Å². The lowest BCUT2D eigenvalue weighted by molar-refractivity contribution is 0.0679. The molecule has 1 aromatic heterocycles. The molecule has 2 atom stereocenters. The van der Waals surface area contributed by atoms with E-state index in [1.807, 2.05) is 35.6 Å². The summed E-state index contributed by atoms with van der Waals surface area (Å²) in [4.78, 5) is 16.4. The number of nitrogens with zero attached hydrogens (tertiary/aromatic N) is 1. The molecule has 0 bridgehead atoms. The minimum absolute atomic E-state index is 0.0363. The summed E-state index contributed by atoms with van der Waals surface area (Å²) in [7, 11) is 0. The third-order valence-corrected chi connectivity index (χ3v) is 6.62. The first-order valence-corrected chi connectivity index (χ1v) is 11.0. The van der Waals surface area contributed by atoms with Gasteiger partial charge in [0.2, 0.25) is 0 Å². The minimum atomic E-state index is -0.0363. The Bertz CT molecular complexity index is 783. The van der Waals surface area contributed by atoms with Crippen molar-refractivity contribution in [2.45, 2.75) is 44.9 Å². The van der Waals surface area contributed by atoms with Gasteiger partial charge in [-0.2, -0.15) is 0 Å². The Kier molecular flexibility index (Phi) is 6.29. The quantitative estimate of drug-likeness (QED) is 0.773. The van der Waals surface area contributed by atoms with Gasteiger partial charge in [0.25, 0.3) is 5.91 Å². The maximum absolute atomic E-state index is 12.5. The number of amides is 1. The standard InChI is InChI=1S/C22H28N2O3S/c1-16(24-10-8-21-18(14-24)9-12-28-21)13-23-22(25)17-4-6-19(7-5-17)27-15-20-3-2-11-26-20/h4-7,9,12,16,20H,2-3,8,10-11,13-15H2,1H3,(H,23,25). The highest BCUT2D eigenvalue weighted by Crippen LogP contribution is 2.25. The molecule has 1 saturated heterocycles. The monoisotopic (exact) mass is 400 g/mol. The Hall–Kier alpha value is -1.89. The van der Waals surface area contributed by atoms with Crippen molar-refractivity contribution in [3.05, 3.63) is 51.7 Å². The molecule has 1 fully saturated rings. The predicted octanol–water partition coefficient (Wildman–Crippen LogP) is 3.48. The zero-order chi connectivity index (χ0) is 19.3. The number of rotatable bonds is 7. The van der Waals surface area contributed by atoms with Crippen molar-refractivity contribution in [1.29, 1.82) is 0 Å². The van der Waals surface area contributed by atoms with Gasteiger partial charge in [-0.1, -0.05) is 0 Å². The summed E-state index contributed by atoms with van der Waals surface area (Å²) in [6, 6.07) is 9.89. The molecule has 5 nitrogen and oxygen atoms in total. The Morgan fingerprint density at radius 2 is 2.21 bits per heavy atom. The summed E-state index contributed by atoms with van der Waals surface area (Å²) in [5.41, 5.74) is 2.10. The van der Waals surface area contributed by atoms with Crippen LogP contribution in [0.1, 0.15) is 40.6 Å². The maximum Gasteiger partial charge on any atom is 0.251 e. The molecule has 2 aromatic rings. The molecule has 4 rings (SSSR count).